The lowest BCUT2D eigenvalue weighted by Gasteiger charge is -2.27. The molecule has 1 aliphatic carbocycles. The van der Waals surface area contributed by atoms with Gasteiger partial charge in [-0.05, 0) is 62.4 Å². The summed E-state index contributed by atoms with van der Waals surface area (Å²) in [5.41, 5.74) is 8.24. The van der Waals surface area contributed by atoms with E-state index in [2.05, 4.69) is 74.4 Å². The van der Waals surface area contributed by atoms with E-state index in [1.165, 1.54) is 18.4 Å². The van der Waals surface area contributed by atoms with Crippen molar-refractivity contribution in [3.63, 3.8) is 0 Å². The molecule has 0 amide bonds. The van der Waals surface area contributed by atoms with Crippen molar-refractivity contribution in [2.24, 2.45) is 16.1 Å². The highest BCUT2D eigenvalue weighted by atomic mass is 16.5. The zero-order valence-corrected chi connectivity index (χ0v) is 22.4. The highest BCUT2D eigenvalue weighted by Crippen LogP contribution is 2.34. The van der Waals surface area contributed by atoms with Gasteiger partial charge >= 0.3 is 0 Å². The normalized spacial score (nSPS) is 17.4. The van der Waals surface area contributed by atoms with Crippen molar-refractivity contribution in [1.82, 2.24) is 19.5 Å². The molecule has 7 rings (SSSR count). The summed E-state index contributed by atoms with van der Waals surface area (Å²) >= 11 is 0. The van der Waals surface area contributed by atoms with Crippen molar-refractivity contribution < 1.29 is 4.74 Å². The molecule has 198 valence electrons. The minimum atomic E-state index is 0.677. The van der Waals surface area contributed by atoms with Crippen LogP contribution in [-0.4, -0.2) is 57.2 Å². The third-order valence-electron chi connectivity index (χ3n) is 7.64. The molecule has 2 aromatic heterocycles. The van der Waals surface area contributed by atoms with Gasteiger partial charge in [-0.1, -0.05) is 18.2 Å². The molecule has 3 aliphatic rings. The first-order valence-electron chi connectivity index (χ1n) is 13.8. The average Bonchev–Trinajstić information content (AvgIpc) is 3.60. The van der Waals surface area contributed by atoms with Crippen molar-refractivity contribution >= 4 is 39.9 Å². The Morgan fingerprint density at radius 1 is 0.897 bits per heavy atom. The molecule has 2 aliphatic heterocycles. The number of hydrogen-bond acceptors (Lipinski definition) is 8. The molecular weight excluding hydrogens is 488 g/mol. The monoisotopic (exact) mass is 520 g/mol. The van der Waals surface area contributed by atoms with Gasteiger partial charge in [0.1, 0.15) is 11.6 Å². The molecular formula is C30H32N8O. The maximum Gasteiger partial charge on any atom is 0.228 e. The number of aryl methyl sites for hydroxylation is 1. The molecule has 4 heterocycles. The number of imidazole rings is 1. The Bertz CT molecular complexity index is 1590. The average molecular weight is 521 g/mol. The molecule has 4 aromatic rings. The minimum Gasteiger partial charge on any atom is -0.378 e. The Balaban J connectivity index is 1.22. The summed E-state index contributed by atoms with van der Waals surface area (Å²) in [6.45, 7) is 8.04. The Morgan fingerprint density at radius 3 is 2.44 bits per heavy atom. The van der Waals surface area contributed by atoms with Crippen LogP contribution in [0.5, 0.6) is 0 Å². The lowest BCUT2D eigenvalue weighted by molar-refractivity contribution is 0.122. The first kappa shape index (κ1) is 24.0. The standard InChI is InChI=1S/C30H32N8O/c1-19-15-27(36-35-19)22-5-8-24(9-6-22)32-29-17-26(33-30(34-29)37-11-13-39-14-12-37)23-7-10-25-28(16-23)38(20(2)31-25)18-21-3-4-21/h5-10,16-17,21H,3-4,11-15,18H2,1-2H3,(H,32,33,34). The van der Waals surface area contributed by atoms with Crippen LogP contribution in [0.4, 0.5) is 17.5 Å². The van der Waals surface area contributed by atoms with E-state index in [-0.39, 0.29) is 0 Å². The van der Waals surface area contributed by atoms with Crippen LogP contribution in [0.25, 0.3) is 22.3 Å². The molecule has 1 N–H and O–H groups in total. The third-order valence-corrected chi connectivity index (χ3v) is 7.64. The van der Waals surface area contributed by atoms with Crippen molar-refractivity contribution in [3.05, 3.63) is 59.9 Å². The number of anilines is 3. The number of ether oxygens (including phenoxy) is 1. The molecule has 9 nitrogen and oxygen atoms in total. The highest BCUT2D eigenvalue weighted by molar-refractivity contribution is 6.14. The number of nitrogens with zero attached hydrogens (tertiary/aromatic N) is 7. The number of fused-ring (bicyclic) bond motifs is 1. The second-order valence-corrected chi connectivity index (χ2v) is 10.7. The third kappa shape index (κ3) is 5.02. The Morgan fingerprint density at radius 2 is 1.69 bits per heavy atom. The van der Waals surface area contributed by atoms with Crippen molar-refractivity contribution in [3.8, 4) is 11.3 Å². The Hall–Kier alpha value is -4.11. The van der Waals surface area contributed by atoms with Crippen LogP contribution in [0, 0.1) is 12.8 Å². The number of nitrogens with one attached hydrogen (secondary N) is 1. The second-order valence-electron chi connectivity index (χ2n) is 10.7. The van der Waals surface area contributed by atoms with E-state index in [0.717, 1.165) is 83.1 Å². The molecule has 1 saturated heterocycles. The van der Waals surface area contributed by atoms with E-state index < -0.39 is 0 Å². The molecule has 39 heavy (non-hydrogen) atoms. The smallest absolute Gasteiger partial charge is 0.228 e. The number of hydrogen-bond donors (Lipinski definition) is 1. The SMILES string of the molecule is CC1=NN=C(c2ccc(Nc3cc(-c4ccc5nc(C)n(CC6CC6)c5c4)nc(N4CCOCC4)n3)cc2)C1. The van der Waals surface area contributed by atoms with Gasteiger partial charge in [-0.15, -0.1) is 0 Å². The van der Waals surface area contributed by atoms with Gasteiger partial charge < -0.3 is 19.5 Å². The van der Waals surface area contributed by atoms with Gasteiger partial charge in [-0.25, -0.2) is 9.97 Å². The van der Waals surface area contributed by atoms with Crippen LogP contribution >= 0.6 is 0 Å². The van der Waals surface area contributed by atoms with Crippen LogP contribution in [-0.2, 0) is 11.3 Å². The van der Waals surface area contributed by atoms with E-state index in [4.69, 9.17) is 19.7 Å². The van der Waals surface area contributed by atoms with Crippen LogP contribution in [0.1, 0.15) is 37.6 Å². The summed E-state index contributed by atoms with van der Waals surface area (Å²) in [5, 5.41) is 12.0. The molecule has 2 fully saturated rings. The van der Waals surface area contributed by atoms with E-state index >= 15 is 0 Å². The first-order chi connectivity index (χ1) is 19.1. The summed E-state index contributed by atoms with van der Waals surface area (Å²) in [5.74, 6) is 3.32. The number of rotatable bonds is 7. The van der Waals surface area contributed by atoms with Crippen LogP contribution in [0.15, 0.2) is 58.7 Å². The van der Waals surface area contributed by atoms with Gasteiger partial charge in [-0.3, -0.25) is 0 Å². The molecule has 2 aromatic carbocycles. The molecule has 1 saturated carbocycles. The van der Waals surface area contributed by atoms with E-state index in [0.29, 0.717) is 19.2 Å². The molecule has 0 atom stereocenters. The lowest BCUT2D eigenvalue weighted by Crippen LogP contribution is -2.37. The zero-order chi connectivity index (χ0) is 26.3. The fraction of sp³-hybridized carbons (Fsp3) is 0.367. The largest absolute Gasteiger partial charge is 0.378 e. The van der Waals surface area contributed by atoms with Crippen molar-refractivity contribution in [2.75, 3.05) is 36.5 Å². The number of morpholine rings is 1. The maximum absolute atomic E-state index is 5.58. The highest BCUT2D eigenvalue weighted by Gasteiger charge is 2.24. The van der Waals surface area contributed by atoms with Crippen LogP contribution in [0.2, 0.25) is 0 Å². The lowest BCUT2D eigenvalue weighted by atomic mass is 10.1. The van der Waals surface area contributed by atoms with Gasteiger partial charge in [0.25, 0.3) is 0 Å². The fourth-order valence-corrected chi connectivity index (χ4v) is 5.26. The molecule has 0 spiro atoms. The van der Waals surface area contributed by atoms with E-state index in [1.54, 1.807) is 0 Å². The Labute approximate surface area is 227 Å². The summed E-state index contributed by atoms with van der Waals surface area (Å²) in [6.07, 6.45) is 3.42. The van der Waals surface area contributed by atoms with Gasteiger partial charge in [0.2, 0.25) is 5.95 Å². The summed E-state index contributed by atoms with van der Waals surface area (Å²) in [6, 6.07) is 16.8. The summed E-state index contributed by atoms with van der Waals surface area (Å²) in [7, 11) is 0. The first-order valence-corrected chi connectivity index (χ1v) is 13.8. The molecule has 0 unspecified atom stereocenters. The molecule has 9 heteroatoms. The van der Waals surface area contributed by atoms with Crippen molar-refractivity contribution in [2.45, 2.75) is 39.7 Å². The minimum absolute atomic E-state index is 0.677. The van der Waals surface area contributed by atoms with E-state index in [9.17, 15) is 0 Å². The van der Waals surface area contributed by atoms with Gasteiger partial charge in [0.15, 0.2) is 0 Å². The Kier molecular flexibility index (Phi) is 6.08. The number of benzene rings is 2. The van der Waals surface area contributed by atoms with Gasteiger partial charge in [0, 0.05) is 49.1 Å². The van der Waals surface area contributed by atoms with Gasteiger partial charge in [0.05, 0.1) is 35.7 Å². The predicted molar refractivity (Wildman–Crippen MR) is 155 cm³/mol. The van der Waals surface area contributed by atoms with Gasteiger partial charge in [-0.2, -0.15) is 15.2 Å². The predicted octanol–water partition coefficient (Wildman–Crippen LogP) is 5.36. The van der Waals surface area contributed by atoms with Crippen LogP contribution in [0.3, 0.4) is 0 Å². The maximum atomic E-state index is 5.58. The van der Waals surface area contributed by atoms with Crippen molar-refractivity contribution in [1.29, 1.82) is 0 Å². The quantitative estimate of drug-likeness (QED) is 0.353. The fourth-order valence-electron chi connectivity index (χ4n) is 5.26. The topological polar surface area (TPSA) is 92.8 Å². The summed E-state index contributed by atoms with van der Waals surface area (Å²) < 4.78 is 7.95. The van der Waals surface area contributed by atoms with E-state index in [1.807, 2.05) is 13.0 Å². The zero-order valence-electron chi connectivity index (χ0n) is 22.4. The second kappa shape index (κ2) is 9.89. The number of aromatic nitrogens is 4. The summed E-state index contributed by atoms with van der Waals surface area (Å²) in [4.78, 5) is 16.9. The molecule has 0 bridgehead atoms. The van der Waals surface area contributed by atoms with Crippen LogP contribution < -0.4 is 10.2 Å². The molecule has 0 radical (unpaired) electrons.